The van der Waals surface area contributed by atoms with E-state index >= 15 is 0 Å². The van der Waals surface area contributed by atoms with E-state index in [1.165, 1.54) is 62.7 Å². The predicted octanol–water partition coefficient (Wildman–Crippen LogP) is 5.96. The monoisotopic (exact) mass is 406 g/mol. The summed E-state index contributed by atoms with van der Waals surface area (Å²) in [4.78, 5) is 0. The Labute approximate surface area is 144 Å². The van der Waals surface area contributed by atoms with E-state index in [4.69, 9.17) is 5.32 Å². The number of hydrogen-bond donors (Lipinski definition) is 0. The van der Waals surface area contributed by atoms with Crippen molar-refractivity contribution in [3.8, 4) is 0 Å². The van der Waals surface area contributed by atoms with Crippen molar-refractivity contribution in [2.75, 3.05) is 50.1 Å². The van der Waals surface area contributed by atoms with E-state index in [-0.39, 0.29) is 19.5 Å². The smallest absolute Gasteiger partial charge is 0.662 e. The van der Waals surface area contributed by atoms with Crippen LogP contribution >= 0.6 is 15.8 Å². The molecule has 0 N–H and O–H groups in total. The predicted molar refractivity (Wildman–Crippen MR) is 97.3 cm³/mol. The molecule has 0 aromatic heterocycles. The summed E-state index contributed by atoms with van der Waals surface area (Å²) < 4.78 is 0. The fraction of sp³-hybridized carbons (Fsp3) is 1.00. The van der Waals surface area contributed by atoms with Crippen LogP contribution in [0.1, 0.15) is 53.4 Å². The minimum Gasteiger partial charge on any atom is -0.662 e. The van der Waals surface area contributed by atoms with Crippen molar-refractivity contribution in [2.45, 2.75) is 53.4 Å². The van der Waals surface area contributed by atoms with Crippen LogP contribution in [-0.4, -0.2) is 50.1 Å². The van der Waals surface area contributed by atoms with Gasteiger partial charge in [-0.3, -0.25) is 0 Å². The minimum absolute atomic E-state index is 0. The molecule has 0 atom stereocenters. The maximum Gasteiger partial charge on any atom is 2.00 e. The molecule has 0 radical (unpaired) electrons. The third kappa shape index (κ3) is 14.4. The molecule has 0 aliphatic carbocycles. The van der Waals surface area contributed by atoms with Gasteiger partial charge in [-0.1, -0.05) is 65.7 Å². The van der Waals surface area contributed by atoms with Crippen LogP contribution < -0.4 is 0 Å². The van der Waals surface area contributed by atoms with Crippen LogP contribution in [0.25, 0.3) is 5.32 Å². The number of nitrogens with zero attached hydrogens (tertiary/aromatic N) is 1. The molecule has 0 rings (SSSR count). The molecule has 0 aliphatic rings. The zero-order valence-corrected chi connectivity index (χ0v) is 17.7. The van der Waals surface area contributed by atoms with Crippen LogP contribution in [0.4, 0.5) is 0 Å². The fourth-order valence-electron chi connectivity index (χ4n) is 2.47. The summed E-state index contributed by atoms with van der Waals surface area (Å²) in [5.74, 6) is 0. The first kappa shape index (κ1) is 23.7. The molecule has 0 amide bonds. The molecule has 0 saturated carbocycles. The summed E-state index contributed by atoms with van der Waals surface area (Å²) in [6.07, 6.45) is 14.1. The van der Waals surface area contributed by atoms with Gasteiger partial charge in [0.15, 0.2) is 0 Å². The van der Waals surface area contributed by atoms with Crippen LogP contribution in [0.3, 0.4) is 0 Å². The number of hydrogen-bond acceptors (Lipinski definition) is 0. The average Bonchev–Trinajstić information content (AvgIpc) is 2.39. The van der Waals surface area contributed by atoms with Gasteiger partial charge < -0.3 is 5.32 Å². The van der Waals surface area contributed by atoms with Crippen molar-refractivity contribution in [1.82, 2.24) is 0 Å². The van der Waals surface area contributed by atoms with E-state index in [2.05, 4.69) is 27.7 Å². The van der Waals surface area contributed by atoms with E-state index < -0.39 is 0 Å². The molecule has 20 heavy (non-hydrogen) atoms. The summed E-state index contributed by atoms with van der Waals surface area (Å²) in [6, 6.07) is 0. The molecule has 4 heteroatoms. The van der Waals surface area contributed by atoms with Crippen molar-refractivity contribution >= 4 is 15.8 Å². The Balaban J connectivity index is 0. The standard InChI is InChI=1S/C16H36NP2.Ru/c1-5-11-18(12-6-2)15-9-17-10-16-19(13-7-3)14-8-4;/h5-16H2,1-4H3;/q-1;+2. The Morgan fingerprint density at radius 2 is 0.850 bits per heavy atom. The SMILES string of the molecule is CCCP(CCC)CC[N-]CCP(CCC)CCC.[Ru+2]. The Morgan fingerprint density at radius 1 is 0.550 bits per heavy atom. The van der Waals surface area contributed by atoms with Crippen molar-refractivity contribution in [3.05, 3.63) is 5.32 Å². The largest absolute Gasteiger partial charge is 2.00 e. The van der Waals surface area contributed by atoms with Gasteiger partial charge in [0, 0.05) is 0 Å². The van der Waals surface area contributed by atoms with Gasteiger partial charge in [-0.15, -0.1) is 28.9 Å². The first-order valence-electron chi connectivity index (χ1n) is 8.36. The second-order valence-electron chi connectivity index (χ2n) is 5.35. The molecule has 0 aliphatic heterocycles. The minimum atomic E-state index is 0. The van der Waals surface area contributed by atoms with Gasteiger partial charge in [0.2, 0.25) is 0 Å². The van der Waals surface area contributed by atoms with Crippen molar-refractivity contribution in [2.24, 2.45) is 0 Å². The zero-order valence-electron chi connectivity index (χ0n) is 14.2. The van der Waals surface area contributed by atoms with Crippen molar-refractivity contribution in [1.29, 1.82) is 0 Å². The molecule has 122 valence electrons. The van der Waals surface area contributed by atoms with Gasteiger partial charge >= 0.3 is 19.5 Å². The van der Waals surface area contributed by atoms with E-state index in [1.807, 2.05) is 0 Å². The summed E-state index contributed by atoms with van der Waals surface area (Å²) >= 11 is 0. The fourth-order valence-corrected chi connectivity index (χ4v) is 7.19. The van der Waals surface area contributed by atoms with Gasteiger partial charge in [-0.2, -0.15) is 0 Å². The molecule has 0 bridgehead atoms. The summed E-state index contributed by atoms with van der Waals surface area (Å²) in [7, 11) is 0.611. The molecular formula is C16H36NP2Ru+. The molecule has 0 unspecified atom stereocenters. The molecular weight excluding hydrogens is 369 g/mol. The molecule has 0 aromatic rings. The normalized spacial score (nSPS) is 11.1. The Hall–Kier alpha value is 1.44. The van der Waals surface area contributed by atoms with E-state index in [1.54, 1.807) is 0 Å². The third-order valence-corrected chi connectivity index (χ3v) is 9.29. The van der Waals surface area contributed by atoms with E-state index in [0.717, 1.165) is 13.1 Å². The number of rotatable bonds is 14. The molecule has 0 aromatic carbocycles. The molecule has 0 saturated heterocycles. The third-order valence-electron chi connectivity index (χ3n) is 3.31. The van der Waals surface area contributed by atoms with Crippen molar-refractivity contribution < 1.29 is 19.5 Å². The Kier molecular flexibility index (Phi) is 21.9. The van der Waals surface area contributed by atoms with Crippen LogP contribution in [-0.2, 0) is 19.5 Å². The second-order valence-corrected chi connectivity index (χ2v) is 10.7. The Bertz CT molecular complexity index is 152. The zero-order chi connectivity index (χ0) is 14.3. The van der Waals surface area contributed by atoms with Crippen LogP contribution in [0.15, 0.2) is 0 Å². The van der Waals surface area contributed by atoms with Gasteiger partial charge in [-0.25, -0.2) is 0 Å². The summed E-state index contributed by atoms with van der Waals surface area (Å²) in [5, 5.41) is 4.81. The van der Waals surface area contributed by atoms with E-state index in [9.17, 15) is 0 Å². The van der Waals surface area contributed by atoms with Crippen LogP contribution in [0.5, 0.6) is 0 Å². The summed E-state index contributed by atoms with van der Waals surface area (Å²) in [5.41, 5.74) is 0. The maximum absolute atomic E-state index is 4.81. The molecule has 1 nitrogen and oxygen atoms in total. The van der Waals surface area contributed by atoms with Crippen LogP contribution in [0, 0.1) is 0 Å². The Morgan fingerprint density at radius 3 is 1.10 bits per heavy atom. The van der Waals surface area contributed by atoms with E-state index in [0.29, 0.717) is 15.8 Å². The van der Waals surface area contributed by atoms with Gasteiger partial charge in [0.25, 0.3) is 0 Å². The second kappa shape index (κ2) is 18.5. The molecule has 0 spiro atoms. The summed E-state index contributed by atoms with van der Waals surface area (Å²) in [6.45, 7) is 11.6. The molecule has 0 heterocycles. The topological polar surface area (TPSA) is 14.1 Å². The first-order chi connectivity index (χ1) is 9.28. The van der Waals surface area contributed by atoms with Gasteiger partial charge in [0.1, 0.15) is 0 Å². The average molecular weight is 405 g/mol. The van der Waals surface area contributed by atoms with Gasteiger partial charge in [-0.05, 0) is 24.6 Å². The van der Waals surface area contributed by atoms with Gasteiger partial charge in [0.05, 0.1) is 0 Å². The quantitative estimate of drug-likeness (QED) is 0.192. The maximum atomic E-state index is 4.81. The van der Waals surface area contributed by atoms with Crippen LogP contribution in [0.2, 0.25) is 0 Å². The first-order valence-corrected chi connectivity index (χ1v) is 12.2. The molecule has 0 fully saturated rings. The van der Waals surface area contributed by atoms with Crippen molar-refractivity contribution in [3.63, 3.8) is 0 Å².